The van der Waals surface area contributed by atoms with Crippen LogP contribution in [0.15, 0.2) is 158 Å². The molecule has 0 aliphatic heterocycles. The fourth-order valence-corrected chi connectivity index (χ4v) is 8.25. The molecular formula is C48H41IrN3Si-2. The van der Waals surface area contributed by atoms with Gasteiger partial charge in [-0.15, -0.1) is 65.2 Å². The number of aromatic nitrogens is 3. The molecule has 6 aromatic carbocycles. The third-order valence-corrected chi connectivity index (χ3v) is 12.2. The van der Waals surface area contributed by atoms with Crippen LogP contribution in [0.2, 0.25) is 19.6 Å². The van der Waals surface area contributed by atoms with Crippen molar-refractivity contribution in [2.75, 3.05) is 0 Å². The van der Waals surface area contributed by atoms with Crippen LogP contribution in [0.3, 0.4) is 0 Å². The van der Waals surface area contributed by atoms with E-state index in [9.17, 15) is 0 Å². The van der Waals surface area contributed by atoms with E-state index >= 15 is 0 Å². The monoisotopic (exact) mass is 880 g/mol. The quantitative estimate of drug-likeness (QED) is 0.127. The fourth-order valence-electron chi connectivity index (χ4n) is 7.22. The molecule has 0 bridgehead atoms. The van der Waals surface area contributed by atoms with Crippen LogP contribution in [0.25, 0.3) is 61.6 Å². The van der Waals surface area contributed by atoms with Gasteiger partial charge in [-0.2, -0.15) is 0 Å². The van der Waals surface area contributed by atoms with Crippen molar-refractivity contribution >= 4 is 24.3 Å². The number of pyridine rings is 1. The summed E-state index contributed by atoms with van der Waals surface area (Å²) in [5, 5.41) is 1.40. The van der Waals surface area contributed by atoms with Gasteiger partial charge in [0.05, 0.1) is 24.9 Å². The van der Waals surface area contributed by atoms with Crippen molar-refractivity contribution in [1.29, 1.82) is 0 Å². The van der Waals surface area contributed by atoms with Crippen LogP contribution >= 0.6 is 0 Å². The van der Waals surface area contributed by atoms with E-state index in [1.807, 2.05) is 36.5 Å². The van der Waals surface area contributed by atoms with Gasteiger partial charge >= 0.3 is 0 Å². The number of nitrogens with zero attached hydrogens (tertiary/aromatic N) is 3. The summed E-state index contributed by atoms with van der Waals surface area (Å²) in [5.41, 5.74) is 13.9. The van der Waals surface area contributed by atoms with E-state index in [1.54, 1.807) is 0 Å². The molecule has 2 aromatic heterocycles. The molecule has 0 amide bonds. The summed E-state index contributed by atoms with van der Waals surface area (Å²) in [6.07, 6.45) is 2.02. The van der Waals surface area contributed by atoms with Crippen LogP contribution in [0, 0.1) is 12.1 Å². The first kappa shape index (κ1) is 36.2. The zero-order valence-corrected chi connectivity index (χ0v) is 34.1. The Bertz CT molecular complexity index is 2500. The first-order chi connectivity index (χ1) is 25.2. The first-order valence-electron chi connectivity index (χ1n) is 17.9. The molecule has 1 radical (unpaired) electrons. The van der Waals surface area contributed by atoms with Crippen LogP contribution in [0.5, 0.6) is 0 Å². The average molecular weight is 880 g/mol. The van der Waals surface area contributed by atoms with Gasteiger partial charge in [-0.3, -0.25) is 4.98 Å². The van der Waals surface area contributed by atoms with Gasteiger partial charge in [0, 0.05) is 32.0 Å². The van der Waals surface area contributed by atoms with Crippen molar-refractivity contribution in [3.8, 4) is 50.6 Å². The molecule has 0 spiro atoms. The minimum atomic E-state index is -1.23. The Morgan fingerprint density at radius 1 is 0.623 bits per heavy atom. The zero-order valence-electron chi connectivity index (χ0n) is 30.7. The molecule has 9 rings (SSSR count). The van der Waals surface area contributed by atoms with Gasteiger partial charge in [-0.05, 0) is 62.8 Å². The van der Waals surface area contributed by atoms with Crippen molar-refractivity contribution in [3.63, 3.8) is 0 Å². The average Bonchev–Trinajstić information content (AvgIpc) is 3.68. The van der Waals surface area contributed by atoms with E-state index in [-0.39, 0.29) is 25.5 Å². The largest absolute Gasteiger partial charge is 0.333 e. The minimum Gasteiger partial charge on any atom is -0.333 e. The maximum Gasteiger partial charge on any atom is 0.0795 e. The molecule has 0 fully saturated rings. The zero-order chi connectivity index (χ0) is 35.9. The van der Waals surface area contributed by atoms with Crippen molar-refractivity contribution in [2.45, 2.75) is 38.9 Å². The van der Waals surface area contributed by atoms with Gasteiger partial charge in [0.1, 0.15) is 0 Å². The van der Waals surface area contributed by atoms with Crippen molar-refractivity contribution in [2.24, 2.45) is 0 Å². The summed E-state index contributed by atoms with van der Waals surface area (Å²) >= 11 is 0. The second kappa shape index (κ2) is 14.7. The van der Waals surface area contributed by atoms with Gasteiger partial charge in [0.2, 0.25) is 0 Å². The molecule has 263 valence electrons. The number of fused-ring (bicyclic) bond motifs is 4. The Hall–Kier alpha value is -5.19. The van der Waals surface area contributed by atoms with Crippen LogP contribution in [0.4, 0.5) is 0 Å². The molecule has 0 saturated heterocycles. The van der Waals surface area contributed by atoms with Gasteiger partial charge in [-0.1, -0.05) is 130 Å². The van der Waals surface area contributed by atoms with Crippen LogP contribution < -0.4 is 5.19 Å². The molecule has 53 heavy (non-hydrogen) atoms. The second-order valence-corrected chi connectivity index (χ2v) is 20.1. The van der Waals surface area contributed by atoms with Crippen molar-refractivity contribution in [3.05, 3.63) is 181 Å². The number of rotatable bonds is 5. The Morgan fingerprint density at radius 2 is 1.32 bits per heavy atom. The van der Waals surface area contributed by atoms with E-state index < -0.39 is 8.07 Å². The number of para-hydroxylation sites is 2. The van der Waals surface area contributed by atoms with E-state index in [1.165, 1.54) is 38.6 Å². The third-order valence-electron chi connectivity index (χ3n) is 10.2. The normalized spacial score (nSPS) is 12.6. The van der Waals surface area contributed by atoms with Gasteiger partial charge < -0.3 is 9.55 Å². The summed E-state index contributed by atoms with van der Waals surface area (Å²) in [4.78, 5) is 9.61. The number of hydrogen-bond acceptors (Lipinski definition) is 2. The summed E-state index contributed by atoms with van der Waals surface area (Å²) in [6, 6.07) is 59.8. The Kier molecular flexibility index (Phi) is 10.0. The Morgan fingerprint density at radius 3 is 2.04 bits per heavy atom. The van der Waals surface area contributed by atoms with Gasteiger partial charge in [0.25, 0.3) is 0 Å². The van der Waals surface area contributed by atoms with Gasteiger partial charge in [0.15, 0.2) is 0 Å². The molecule has 8 aromatic rings. The number of hydrogen-bond donors (Lipinski definition) is 0. The van der Waals surface area contributed by atoms with Crippen LogP contribution in [-0.2, 0) is 25.5 Å². The Labute approximate surface area is 327 Å². The number of benzene rings is 6. The van der Waals surface area contributed by atoms with E-state index in [0.29, 0.717) is 0 Å². The molecule has 5 heteroatoms. The van der Waals surface area contributed by atoms with Crippen LogP contribution in [-0.4, -0.2) is 22.6 Å². The Balaban J connectivity index is 0.000000216. The standard InChI is InChI=1S/C34H25N2.C14H16NSi.Ir/c1-34(2)29-13-7-6-12-27(29)28-22-25(18-21-30(28)34)33-35-31-14-8-9-15-32(31)36(33)26-19-16-24(17-20-26)23-10-4-3-5-11-23;1-16(2,3)13-9-10-14(15-11-13)12-7-5-4-6-8-12;/h3-17,19-22H,1-2H3;4-7,9-11H,1-3H3;/q2*-1;. The third kappa shape index (κ3) is 7.01. The first-order valence-corrected chi connectivity index (χ1v) is 21.4. The summed E-state index contributed by atoms with van der Waals surface area (Å²) in [5.74, 6) is 0.911. The second-order valence-electron chi connectivity index (χ2n) is 15.0. The van der Waals surface area contributed by atoms with E-state index in [2.05, 4.69) is 176 Å². The van der Waals surface area contributed by atoms with E-state index in [0.717, 1.165) is 39.4 Å². The predicted molar refractivity (Wildman–Crippen MR) is 220 cm³/mol. The van der Waals surface area contributed by atoms with Crippen LogP contribution in [0.1, 0.15) is 25.0 Å². The number of imidazole rings is 1. The summed E-state index contributed by atoms with van der Waals surface area (Å²) < 4.78 is 2.26. The van der Waals surface area contributed by atoms with E-state index in [4.69, 9.17) is 4.98 Å². The maximum atomic E-state index is 5.09. The molecular weight excluding hydrogens is 839 g/mol. The molecule has 0 unspecified atom stereocenters. The summed E-state index contributed by atoms with van der Waals surface area (Å²) in [6.45, 7) is 11.6. The fraction of sp³-hybridized carbons (Fsp3) is 0.125. The molecule has 3 nitrogen and oxygen atoms in total. The SMILES string of the molecule is CC1(C)c2c[c-]c(-c3nc4ccccc4n3-c3ccc(-c4ccccc4)cc3)cc2-c2ccccc21.C[Si](C)(C)c1ccc(-c2[c-]cccc2)nc1.[Ir]. The van der Waals surface area contributed by atoms with Gasteiger partial charge in [-0.25, -0.2) is 0 Å². The molecule has 1 aliphatic rings. The molecule has 1 aliphatic carbocycles. The molecule has 0 N–H and O–H groups in total. The minimum absolute atomic E-state index is 0. The van der Waals surface area contributed by atoms with Crippen molar-refractivity contribution < 1.29 is 20.1 Å². The topological polar surface area (TPSA) is 30.7 Å². The maximum absolute atomic E-state index is 5.09. The molecule has 0 atom stereocenters. The van der Waals surface area contributed by atoms with Crippen molar-refractivity contribution in [1.82, 2.24) is 14.5 Å². The predicted octanol–water partition coefficient (Wildman–Crippen LogP) is 11.6. The smallest absolute Gasteiger partial charge is 0.0795 e. The molecule has 0 saturated carbocycles. The summed E-state index contributed by atoms with van der Waals surface area (Å²) in [7, 11) is -1.23. The molecule has 2 heterocycles.